The highest BCUT2D eigenvalue weighted by Gasteiger charge is 2.44. The summed E-state index contributed by atoms with van der Waals surface area (Å²) in [7, 11) is 0. The van der Waals surface area contributed by atoms with Crippen LogP contribution in [0.2, 0.25) is 0 Å². The van der Waals surface area contributed by atoms with Crippen molar-refractivity contribution >= 4 is 27.5 Å². The van der Waals surface area contributed by atoms with Crippen LogP contribution in [0.1, 0.15) is 11.3 Å². The molecule has 0 radical (unpaired) electrons. The number of halogens is 7. The fourth-order valence-corrected chi connectivity index (χ4v) is 2.37. The summed E-state index contributed by atoms with van der Waals surface area (Å²) in [5.74, 6) is -2.22. The second-order valence-electron chi connectivity index (χ2n) is 4.16. The predicted molar refractivity (Wildman–Crippen MR) is 70.3 cm³/mol. The summed E-state index contributed by atoms with van der Waals surface area (Å²) < 4.78 is 75.1. The van der Waals surface area contributed by atoms with Gasteiger partial charge >= 0.3 is 18.3 Å². The van der Waals surface area contributed by atoms with E-state index in [-0.39, 0.29) is 10.5 Å². The van der Waals surface area contributed by atoms with E-state index in [2.05, 4.69) is 27.5 Å². The fourth-order valence-electron chi connectivity index (χ4n) is 1.65. The first-order valence-electron chi connectivity index (χ1n) is 5.63. The van der Waals surface area contributed by atoms with Gasteiger partial charge in [0.2, 0.25) is 0 Å². The van der Waals surface area contributed by atoms with Gasteiger partial charge in [-0.15, -0.1) is 6.58 Å². The Morgan fingerprint density at radius 1 is 1.36 bits per heavy atom. The normalized spacial score (nSPS) is 12.2. The van der Waals surface area contributed by atoms with Crippen LogP contribution in [-0.4, -0.2) is 23.6 Å². The first-order chi connectivity index (χ1) is 9.89. The van der Waals surface area contributed by atoms with E-state index in [1.54, 1.807) is 0 Å². The van der Waals surface area contributed by atoms with E-state index in [9.17, 15) is 31.1 Å². The highest BCUT2D eigenvalue weighted by atomic mass is 79.9. The monoisotopic (exact) mass is 390 g/mol. The van der Waals surface area contributed by atoms with Gasteiger partial charge in [-0.25, -0.2) is 4.98 Å². The number of anilines is 1. The molecule has 0 unspecified atom stereocenters. The Bertz CT molecular complexity index is 573. The van der Waals surface area contributed by atoms with E-state index in [4.69, 9.17) is 0 Å². The summed E-state index contributed by atoms with van der Waals surface area (Å²) in [4.78, 5) is 14.9. The molecule has 0 N–H and O–H groups in total. The van der Waals surface area contributed by atoms with Crippen LogP contribution in [0.4, 0.5) is 32.0 Å². The van der Waals surface area contributed by atoms with Gasteiger partial charge in [0.05, 0.1) is 5.69 Å². The molecule has 0 saturated carbocycles. The van der Waals surface area contributed by atoms with Gasteiger partial charge in [0.15, 0.2) is 0 Å². The number of aromatic nitrogens is 1. The zero-order chi connectivity index (χ0) is 17.3. The molecule has 22 heavy (non-hydrogen) atoms. The Morgan fingerprint density at radius 2 is 1.91 bits per heavy atom. The molecule has 0 spiro atoms. The van der Waals surface area contributed by atoms with Crippen LogP contribution in [0, 0.1) is 6.92 Å². The third-order valence-electron chi connectivity index (χ3n) is 2.50. The molecule has 10 heteroatoms. The lowest BCUT2D eigenvalue weighted by Crippen LogP contribution is -2.42. The quantitative estimate of drug-likeness (QED) is 0.439. The Morgan fingerprint density at radius 3 is 2.27 bits per heavy atom. The van der Waals surface area contributed by atoms with E-state index < -0.39 is 40.8 Å². The van der Waals surface area contributed by atoms with E-state index in [0.29, 0.717) is 6.07 Å². The van der Waals surface area contributed by atoms with Crippen molar-refractivity contribution in [1.29, 1.82) is 0 Å². The van der Waals surface area contributed by atoms with Gasteiger partial charge in [0.1, 0.15) is 10.3 Å². The number of nitrogens with zero attached hydrogens (tertiary/aromatic N) is 2. The Labute approximate surface area is 129 Å². The second-order valence-corrected chi connectivity index (χ2v) is 4.91. The maximum absolute atomic E-state index is 12.6. The van der Waals surface area contributed by atoms with Crippen molar-refractivity contribution in [2.24, 2.45) is 0 Å². The molecular formula is C12H9BrF6N2O. The molecule has 0 aromatic carbocycles. The molecule has 1 aromatic rings. The molecule has 1 rings (SSSR count). The van der Waals surface area contributed by atoms with Crippen LogP contribution >= 0.6 is 15.9 Å². The summed E-state index contributed by atoms with van der Waals surface area (Å²) >= 11 is 2.69. The maximum atomic E-state index is 12.6. The molecule has 0 aliphatic rings. The molecular weight excluding hydrogens is 382 g/mol. The van der Waals surface area contributed by atoms with Crippen LogP contribution in [0.3, 0.4) is 0 Å². The molecule has 0 aliphatic carbocycles. The van der Waals surface area contributed by atoms with E-state index in [1.807, 2.05) is 0 Å². The van der Waals surface area contributed by atoms with Crippen molar-refractivity contribution in [2.45, 2.75) is 19.3 Å². The van der Waals surface area contributed by atoms with Crippen LogP contribution in [0.25, 0.3) is 0 Å². The highest BCUT2D eigenvalue weighted by molar-refractivity contribution is 9.10. The minimum Gasteiger partial charge on any atom is -0.298 e. The van der Waals surface area contributed by atoms with Gasteiger partial charge in [-0.2, -0.15) is 26.3 Å². The molecule has 0 atom stereocenters. The number of hydrogen-bond acceptors (Lipinski definition) is 2. The topological polar surface area (TPSA) is 33.2 Å². The largest absolute Gasteiger partial charge is 0.471 e. The van der Waals surface area contributed by atoms with Crippen molar-refractivity contribution in [1.82, 2.24) is 4.98 Å². The van der Waals surface area contributed by atoms with Crippen molar-refractivity contribution in [2.75, 3.05) is 11.4 Å². The molecule has 3 nitrogen and oxygen atoms in total. The van der Waals surface area contributed by atoms with Crippen molar-refractivity contribution in [3.05, 3.63) is 34.6 Å². The van der Waals surface area contributed by atoms with E-state index in [0.717, 1.165) is 13.0 Å². The zero-order valence-electron chi connectivity index (χ0n) is 11.0. The van der Waals surface area contributed by atoms with Crippen LogP contribution < -0.4 is 4.90 Å². The Hall–Kier alpha value is -1.58. The van der Waals surface area contributed by atoms with Crippen molar-refractivity contribution in [3.63, 3.8) is 0 Å². The first-order valence-corrected chi connectivity index (χ1v) is 6.42. The number of rotatable bonds is 3. The summed E-state index contributed by atoms with van der Waals surface area (Å²) in [5, 5.41) is 0. The Kier molecular flexibility index (Phi) is 5.26. The molecule has 1 heterocycles. The molecule has 0 aliphatic heterocycles. The number of pyridine rings is 1. The average molecular weight is 391 g/mol. The number of amides is 1. The SMILES string of the molecule is C=CCN(C(=O)C(F)(F)F)c1c(C)cc(C(F)(F)F)nc1Br. The minimum absolute atomic E-state index is 0.186. The summed E-state index contributed by atoms with van der Waals surface area (Å²) in [5.41, 5.74) is -1.86. The Balaban J connectivity index is 3.45. The molecule has 0 saturated heterocycles. The standard InChI is InChI=1S/C12H9BrF6N2O/c1-3-4-21(10(22)12(17,18)19)8-6(2)5-7(11(14,15)16)20-9(8)13/h3,5H,1,4H2,2H3. The zero-order valence-corrected chi connectivity index (χ0v) is 12.6. The number of carbonyl (C=O) groups excluding carboxylic acids is 1. The lowest BCUT2D eigenvalue weighted by molar-refractivity contribution is -0.170. The average Bonchev–Trinajstić information content (AvgIpc) is 2.33. The van der Waals surface area contributed by atoms with Gasteiger partial charge < -0.3 is 0 Å². The fraction of sp³-hybridized carbons (Fsp3) is 0.333. The van der Waals surface area contributed by atoms with Gasteiger partial charge in [0, 0.05) is 6.54 Å². The van der Waals surface area contributed by atoms with Gasteiger partial charge in [0.25, 0.3) is 0 Å². The number of carbonyl (C=O) groups is 1. The summed E-state index contributed by atoms with van der Waals surface area (Å²) in [6, 6.07) is 0.569. The number of aryl methyl sites for hydroxylation is 1. The molecule has 0 bridgehead atoms. The maximum Gasteiger partial charge on any atom is 0.471 e. The van der Waals surface area contributed by atoms with Gasteiger partial charge in [-0.3, -0.25) is 9.69 Å². The molecule has 1 aromatic heterocycles. The van der Waals surface area contributed by atoms with Crippen molar-refractivity contribution in [3.8, 4) is 0 Å². The highest BCUT2D eigenvalue weighted by Crippen LogP contribution is 2.36. The number of alkyl halides is 6. The third-order valence-corrected chi connectivity index (χ3v) is 3.05. The lowest BCUT2D eigenvalue weighted by Gasteiger charge is -2.25. The molecule has 1 amide bonds. The van der Waals surface area contributed by atoms with Crippen LogP contribution in [0.5, 0.6) is 0 Å². The van der Waals surface area contributed by atoms with E-state index >= 15 is 0 Å². The smallest absolute Gasteiger partial charge is 0.298 e. The molecule has 0 fully saturated rings. The first kappa shape index (κ1) is 18.5. The lowest BCUT2D eigenvalue weighted by atomic mass is 10.2. The molecule has 122 valence electrons. The van der Waals surface area contributed by atoms with Gasteiger partial charge in [-0.1, -0.05) is 6.08 Å². The van der Waals surface area contributed by atoms with Crippen molar-refractivity contribution < 1.29 is 31.1 Å². The van der Waals surface area contributed by atoms with Crippen LogP contribution in [-0.2, 0) is 11.0 Å². The van der Waals surface area contributed by atoms with E-state index in [1.165, 1.54) is 0 Å². The minimum atomic E-state index is -5.18. The summed E-state index contributed by atoms with van der Waals surface area (Å²) in [6.45, 7) is 3.84. The van der Waals surface area contributed by atoms with Gasteiger partial charge in [-0.05, 0) is 34.5 Å². The summed E-state index contributed by atoms with van der Waals surface area (Å²) in [6.07, 6.45) is -8.92. The third kappa shape index (κ3) is 3.99. The second kappa shape index (κ2) is 6.27. The van der Waals surface area contributed by atoms with Crippen LogP contribution in [0.15, 0.2) is 23.3 Å². The number of hydrogen-bond donors (Lipinski definition) is 0. The predicted octanol–water partition coefficient (Wildman–Crippen LogP) is 4.25.